The number of pyridine rings is 1. The third-order valence-corrected chi connectivity index (χ3v) is 6.24. The largest absolute Gasteiger partial charge is 0.416 e. The topological polar surface area (TPSA) is 71.0 Å². The van der Waals surface area contributed by atoms with Gasteiger partial charge in [-0.2, -0.15) is 26.3 Å². The van der Waals surface area contributed by atoms with E-state index in [0.717, 1.165) is 12.0 Å². The number of urea groups is 1. The third-order valence-electron chi connectivity index (χ3n) is 6.24. The van der Waals surface area contributed by atoms with Crippen molar-refractivity contribution in [2.24, 2.45) is 0 Å². The van der Waals surface area contributed by atoms with Crippen molar-refractivity contribution in [2.45, 2.75) is 43.6 Å². The number of alkyl halides is 6. The monoisotopic (exact) mass is 493 g/mol. The first-order valence-electron chi connectivity index (χ1n) is 10.7. The molecule has 0 spiro atoms. The van der Waals surface area contributed by atoms with Crippen LogP contribution in [0.4, 0.5) is 42.8 Å². The quantitative estimate of drug-likeness (QED) is 0.428. The number of anilines is 2. The predicted molar refractivity (Wildman–Crippen MR) is 114 cm³/mol. The summed E-state index contributed by atoms with van der Waals surface area (Å²) in [6.45, 7) is 0. The highest BCUT2D eigenvalue weighted by Gasteiger charge is 2.42. The van der Waals surface area contributed by atoms with Gasteiger partial charge in [0.15, 0.2) is 5.82 Å². The molecule has 3 heterocycles. The van der Waals surface area contributed by atoms with E-state index in [-0.39, 0.29) is 40.9 Å². The van der Waals surface area contributed by atoms with Gasteiger partial charge in [0, 0.05) is 24.0 Å². The van der Waals surface area contributed by atoms with Crippen LogP contribution in [0.25, 0.3) is 11.3 Å². The molecule has 5 rings (SSSR count). The van der Waals surface area contributed by atoms with Crippen molar-refractivity contribution in [1.82, 2.24) is 15.0 Å². The van der Waals surface area contributed by atoms with E-state index in [1.807, 2.05) is 0 Å². The Morgan fingerprint density at radius 2 is 1.69 bits per heavy atom. The number of fused-ring (bicyclic) bond motifs is 4. The Labute approximate surface area is 195 Å². The van der Waals surface area contributed by atoms with Crippen molar-refractivity contribution in [3.63, 3.8) is 0 Å². The molecule has 1 saturated carbocycles. The van der Waals surface area contributed by atoms with Crippen LogP contribution in [0.3, 0.4) is 0 Å². The summed E-state index contributed by atoms with van der Waals surface area (Å²) in [6.07, 6.45) is -3.62. The molecule has 1 aliphatic carbocycles. The number of rotatable bonds is 2. The molecule has 3 aromatic rings. The molecule has 6 nitrogen and oxygen atoms in total. The van der Waals surface area contributed by atoms with Gasteiger partial charge < -0.3 is 0 Å². The van der Waals surface area contributed by atoms with Crippen LogP contribution in [0, 0.1) is 0 Å². The summed E-state index contributed by atoms with van der Waals surface area (Å²) in [6, 6.07) is 3.59. The van der Waals surface area contributed by atoms with Crippen LogP contribution < -0.4 is 10.2 Å². The molecule has 2 amide bonds. The second kappa shape index (κ2) is 8.21. The first-order chi connectivity index (χ1) is 16.5. The fourth-order valence-corrected chi connectivity index (χ4v) is 4.68. The summed E-state index contributed by atoms with van der Waals surface area (Å²) in [5, 5.41) is 2.63. The number of nitrogens with one attached hydrogen (secondary N) is 1. The molecule has 1 aromatic carbocycles. The van der Waals surface area contributed by atoms with Gasteiger partial charge in [-0.15, -0.1) is 0 Å². The second-order valence-electron chi connectivity index (χ2n) is 8.46. The van der Waals surface area contributed by atoms with Gasteiger partial charge in [-0.05, 0) is 55.0 Å². The van der Waals surface area contributed by atoms with E-state index in [1.165, 1.54) is 29.6 Å². The lowest BCUT2D eigenvalue weighted by Gasteiger charge is -2.34. The number of nitrogens with zero attached hydrogens (tertiary/aromatic N) is 4. The number of amides is 2. The van der Waals surface area contributed by atoms with E-state index in [1.54, 1.807) is 6.07 Å². The lowest BCUT2D eigenvalue weighted by Crippen LogP contribution is -2.44. The van der Waals surface area contributed by atoms with Gasteiger partial charge in [-0.3, -0.25) is 15.2 Å². The molecule has 2 bridgehead atoms. The molecule has 2 atom stereocenters. The van der Waals surface area contributed by atoms with Crippen LogP contribution in [-0.2, 0) is 12.4 Å². The van der Waals surface area contributed by atoms with E-state index in [9.17, 15) is 31.1 Å². The first-order valence-corrected chi connectivity index (χ1v) is 10.7. The van der Waals surface area contributed by atoms with Crippen molar-refractivity contribution in [1.29, 1.82) is 0 Å². The Bertz CT molecular complexity index is 1250. The van der Waals surface area contributed by atoms with E-state index in [4.69, 9.17) is 0 Å². The minimum absolute atomic E-state index is 0.0722. The number of hydrogen-bond acceptors (Lipinski definition) is 4. The Morgan fingerprint density at radius 3 is 2.31 bits per heavy atom. The number of hydrogen-bond donors (Lipinski definition) is 1. The van der Waals surface area contributed by atoms with E-state index in [2.05, 4.69) is 20.3 Å². The third kappa shape index (κ3) is 4.40. The smallest absolute Gasteiger partial charge is 0.291 e. The molecule has 12 heteroatoms. The summed E-state index contributed by atoms with van der Waals surface area (Å²) < 4.78 is 80.1. The Balaban J connectivity index is 1.59. The zero-order valence-corrected chi connectivity index (χ0v) is 17.9. The Morgan fingerprint density at radius 1 is 0.971 bits per heavy atom. The van der Waals surface area contributed by atoms with Crippen molar-refractivity contribution in [3.05, 3.63) is 65.6 Å². The molecule has 1 unspecified atom stereocenters. The van der Waals surface area contributed by atoms with E-state index < -0.39 is 29.5 Å². The average Bonchev–Trinajstić information content (AvgIpc) is 3.22. The highest BCUT2D eigenvalue weighted by molar-refractivity contribution is 6.02. The van der Waals surface area contributed by atoms with Crippen LogP contribution in [0.1, 0.15) is 41.9 Å². The van der Waals surface area contributed by atoms with Crippen LogP contribution in [0.2, 0.25) is 0 Å². The fourth-order valence-electron chi connectivity index (χ4n) is 4.68. The van der Waals surface area contributed by atoms with Crippen molar-refractivity contribution >= 4 is 17.7 Å². The standard InChI is InChI=1S/C23H17F6N5O/c24-22(25,26)14-7-13(8-15(10-14)23(27,28)29)18-4-3-17-12-1-2-16(9-12)34(20(17)32-18)21(35)33-19-11-30-5-6-31-19/h3-8,10-12,16H,1-2,9H2,(H,31,33,35)/t12?,16-/m0/s1. The van der Waals surface area contributed by atoms with Gasteiger partial charge in [0.25, 0.3) is 0 Å². The SMILES string of the molecule is O=C(Nc1cnccn1)N1c2nc(-c3cc(C(F)(F)F)cc(C(F)(F)F)c3)ccc2C2CC[C@H]1C2. The molecule has 35 heavy (non-hydrogen) atoms. The average molecular weight is 493 g/mol. The molecule has 1 fully saturated rings. The normalized spacial score (nSPS) is 19.4. The van der Waals surface area contributed by atoms with Gasteiger partial charge in [0.05, 0.1) is 23.0 Å². The number of halogens is 6. The second-order valence-corrected chi connectivity index (χ2v) is 8.46. The maximum atomic E-state index is 13.4. The zero-order valence-electron chi connectivity index (χ0n) is 17.9. The zero-order chi connectivity index (χ0) is 25.0. The predicted octanol–water partition coefficient (Wildman–Crippen LogP) is 6.26. The van der Waals surface area contributed by atoms with Gasteiger partial charge >= 0.3 is 18.4 Å². The maximum Gasteiger partial charge on any atom is 0.416 e. The fraction of sp³-hybridized carbons (Fsp3) is 0.304. The molecule has 1 N–H and O–H groups in total. The molecule has 0 saturated heterocycles. The van der Waals surface area contributed by atoms with Crippen LogP contribution in [0.15, 0.2) is 48.9 Å². The highest BCUT2D eigenvalue weighted by atomic mass is 19.4. The van der Waals surface area contributed by atoms with Crippen LogP contribution >= 0.6 is 0 Å². The number of carbonyl (C=O) groups excluding carboxylic acids is 1. The number of aromatic nitrogens is 3. The van der Waals surface area contributed by atoms with Crippen molar-refractivity contribution in [3.8, 4) is 11.3 Å². The molecule has 182 valence electrons. The lowest BCUT2D eigenvalue weighted by molar-refractivity contribution is -0.143. The van der Waals surface area contributed by atoms with E-state index >= 15 is 0 Å². The van der Waals surface area contributed by atoms with Gasteiger partial charge in [-0.1, -0.05) is 6.07 Å². The number of benzene rings is 1. The molecule has 2 aliphatic rings. The molecular weight excluding hydrogens is 476 g/mol. The van der Waals surface area contributed by atoms with Gasteiger partial charge in [0.2, 0.25) is 0 Å². The minimum atomic E-state index is -4.98. The summed E-state index contributed by atoms with van der Waals surface area (Å²) in [7, 11) is 0. The van der Waals surface area contributed by atoms with Crippen LogP contribution in [0.5, 0.6) is 0 Å². The van der Waals surface area contributed by atoms with Crippen molar-refractivity contribution < 1.29 is 31.1 Å². The first kappa shape index (κ1) is 23.1. The van der Waals surface area contributed by atoms with Gasteiger partial charge in [0.1, 0.15) is 5.82 Å². The van der Waals surface area contributed by atoms with Gasteiger partial charge in [-0.25, -0.2) is 14.8 Å². The minimum Gasteiger partial charge on any atom is -0.291 e. The van der Waals surface area contributed by atoms with Crippen molar-refractivity contribution in [2.75, 3.05) is 10.2 Å². The Kier molecular flexibility index (Phi) is 5.41. The lowest BCUT2D eigenvalue weighted by atomic mass is 9.93. The number of carbonyl (C=O) groups is 1. The molecule has 0 radical (unpaired) electrons. The maximum absolute atomic E-state index is 13.4. The summed E-state index contributed by atoms with van der Waals surface area (Å²) in [4.78, 5) is 26.9. The van der Waals surface area contributed by atoms with Crippen LogP contribution in [-0.4, -0.2) is 27.0 Å². The summed E-state index contributed by atoms with van der Waals surface area (Å²) in [5.41, 5.74) is -2.58. The van der Waals surface area contributed by atoms with E-state index in [0.29, 0.717) is 25.0 Å². The highest BCUT2D eigenvalue weighted by Crippen LogP contribution is 2.47. The summed E-state index contributed by atoms with van der Waals surface area (Å²) in [5.74, 6) is 0.515. The Hall–Kier alpha value is -3.70. The molecular formula is C23H17F6N5O. The molecule has 1 aliphatic heterocycles. The summed E-state index contributed by atoms with van der Waals surface area (Å²) >= 11 is 0. The molecule has 2 aromatic heterocycles.